The summed E-state index contributed by atoms with van der Waals surface area (Å²) in [5, 5.41) is 27.5. The maximum atomic E-state index is 12.5. The Morgan fingerprint density at radius 2 is 1.86 bits per heavy atom. The minimum absolute atomic E-state index is 0.0318. The molecular weight excluding hydrogens is 370 g/mol. The van der Waals surface area contributed by atoms with Gasteiger partial charge in [0.15, 0.2) is 5.84 Å². The number of amides is 1. The molecule has 0 atom stereocenters. The lowest BCUT2D eigenvalue weighted by molar-refractivity contribution is -0.114. The lowest BCUT2D eigenvalue weighted by Crippen LogP contribution is -2.42. The number of amidine groups is 1. The summed E-state index contributed by atoms with van der Waals surface area (Å²) in [5.74, 6) is -0.598. The number of aromatic amines is 1. The van der Waals surface area contributed by atoms with E-state index in [-0.39, 0.29) is 27.9 Å². The van der Waals surface area contributed by atoms with E-state index in [1.807, 2.05) is 18.2 Å². The maximum Gasteiger partial charge on any atom is 0.260 e. The van der Waals surface area contributed by atoms with Gasteiger partial charge in [-0.2, -0.15) is 5.10 Å². The number of carbonyl (C=O) groups excluding carboxylic acids is 1. The predicted molar refractivity (Wildman–Crippen MR) is 110 cm³/mol. The first-order valence-electron chi connectivity index (χ1n) is 8.81. The average Bonchev–Trinajstić information content (AvgIpc) is 3.04. The minimum Gasteiger partial charge on any atom is -0.494 e. The first-order chi connectivity index (χ1) is 13.9. The van der Waals surface area contributed by atoms with Crippen molar-refractivity contribution in [2.45, 2.75) is 6.92 Å². The molecule has 1 aliphatic heterocycles. The van der Waals surface area contributed by atoms with Gasteiger partial charge in [0.05, 0.1) is 10.9 Å². The molecule has 3 aromatic rings. The maximum absolute atomic E-state index is 12.5. The molecule has 0 unspecified atom stereocenters. The fourth-order valence-corrected chi connectivity index (χ4v) is 3.10. The summed E-state index contributed by atoms with van der Waals surface area (Å²) in [5.41, 5.74) is 1.64. The number of fused-ring (bicyclic) bond motifs is 1. The van der Waals surface area contributed by atoms with Crippen molar-refractivity contribution in [2.24, 2.45) is 5.10 Å². The van der Waals surface area contributed by atoms with Crippen LogP contribution in [0, 0.1) is 5.41 Å². The lowest BCUT2D eigenvalue weighted by atomic mass is 10.1. The molecule has 144 valence electrons. The molecule has 4 rings (SSSR count). The molecule has 2 heterocycles. The number of nitrogens with one attached hydrogen (secondary N) is 3. The monoisotopic (exact) mass is 387 g/mol. The summed E-state index contributed by atoms with van der Waals surface area (Å²) in [4.78, 5) is 26.0. The van der Waals surface area contributed by atoms with Crippen molar-refractivity contribution in [1.29, 1.82) is 5.41 Å². The molecule has 0 spiro atoms. The summed E-state index contributed by atoms with van der Waals surface area (Å²) >= 11 is 0. The van der Waals surface area contributed by atoms with E-state index in [0.717, 1.165) is 0 Å². The first kappa shape index (κ1) is 18.2. The molecule has 8 heteroatoms. The van der Waals surface area contributed by atoms with Gasteiger partial charge in [-0.1, -0.05) is 30.3 Å². The van der Waals surface area contributed by atoms with Crippen molar-refractivity contribution in [3.05, 3.63) is 86.7 Å². The number of para-hydroxylation sites is 1. The lowest BCUT2D eigenvalue weighted by Gasteiger charge is -2.13. The summed E-state index contributed by atoms with van der Waals surface area (Å²) in [7, 11) is 0. The molecule has 0 aliphatic carbocycles. The van der Waals surface area contributed by atoms with Gasteiger partial charge < -0.3 is 10.4 Å². The number of carbonyl (C=O) groups is 1. The Morgan fingerprint density at radius 3 is 2.52 bits per heavy atom. The normalized spacial score (nSPS) is 13.2. The van der Waals surface area contributed by atoms with Crippen molar-refractivity contribution in [3.8, 4) is 5.88 Å². The Bertz CT molecular complexity index is 1300. The van der Waals surface area contributed by atoms with Crippen LogP contribution < -0.4 is 26.5 Å². The van der Waals surface area contributed by atoms with Crippen LogP contribution in [0.15, 0.2) is 64.5 Å². The highest BCUT2D eigenvalue weighted by Gasteiger charge is 2.26. The summed E-state index contributed by atoms with van der Waals surface area (Å²) in [6.45, 7) is 1.42. The van der Waals surface area contributed by atoms with Crippen LogP contribution in [-0.4, -0.2) is 21.8 Å². The number of hydrogen-bond acceptors (Lipinski definition) is 5. The number of benzene rings is 2. The zero-order valence-corrected chi connectivity index (χ0v) is 15.4. The van der Waals surface area contributed by atoms with Gasteiger partial charge in [-0.25, -0.2) is 5.01 Å². The van der Waals surface area contributed by atoms with Gasteiger partial charge >= 0.3 is 0 Å². The Morgan fingerprint density at radius 1 is 1.17 bits per heavy atom. The van der Waals surface area contributed by atoms with Crippen molar-refractivity contribution < 1.29 is 9.90 Å². The minimum atomic E-state index is -0.515. The van der Waals surface area contributed by atoms with Crippen LogP contribution in [-0.2, 0) is 4.79 Å². The van der Waals surface area contributed by atoms with Gasteiger partial charge in [0.2, 0.25) is 11.8 Å². The van der Waals surface area contributed by atoms with Crippen LogP contribution >= 0.6 is 0 Å². The Kier molecular flexibility index (Phi) is 4.44. The van der Waals surface area contributed by atoms with Crippen molar-refractivity contribution in [3.63, 3.8) is 0 Å². The number of anilines is 2. The molecule has 0 bridgehead atoms. The molecule has 8 nitrogen and oxygen atoms in total. The van der Waals surface area contributed by atoms with Gasteiger partial charge in [0.25, 0.3) is 5.56 Å². The highest BCUT2D eigenvalue weighted by Crippen LogP contribution is 2.21. The van der Waals surface area contributed by atoms with E-state index in [0.29, 0.717) is 16.9 Å². The average molecular weight is 387 g/mol. The molecule has 1 aliphatic rings. The summed E-state index contributed by atoms with van der Waals surface area (Å²) < 4.78 is 0. The molecule has 0 fully saturated rings. The third-order valence-corrected chi connectivity index (χ3v) is 4.40. The van der Waals surface area contributed by atoms with Crippen LogP contribution in [0.3, 0.4) is 0 Å². The molecule has 0 saturated heterocycles. The quantitative estimate of drug-likeness (QED) is 0.540. The van der Waals surface area contributed by atoms with Gasteiger partial charge in [-0.05, 0) is 35.9 Å². The zero-order chi connectivity index (χ0) is 20.5. The molecular formula is C21H17N5O3. The van der Waals surface area contributed by atoms with Crippen molar-refractivity contribution in [2.75, 3.05) is 10.3 Å². The molecule has 2 aromatic carbocycles. The number of hydrogen-bond donors (Lipinski definition) is 4. The number of aromatic hydroxyl groups is 1. The molecule has 29 heavy (non-hydrogen) atoms. The van der Waals surface area contributed by atoms with Gasteiger partial charge in [-0.3, -0.25) is 20.0 Å². The molecule has 0 radical (unpaired) electrons. The van der Waals surface area contributed by atoms with Crippen LogP contribution in [0.1, 0.15) is 18.1 Å². The van der Waals surface area contributed by atoms with E-state index in [9.17, 15) is 14.7 Å². The number of nitrogens with zero attached hydrogens (tertiary/aromatic N) is 2. The fraction of sp³-hybridized carbons (Fsp3) is 0.0476. The van der Waals surface area contributed by atoms with E-state index in [1.54, 1.807) is 42.5 Å². The second-order valence-electron chi connectivity index (χ2n) is 6.48. The van der Waals surface area contributed by atoms with Crippen LogP contribution in [0.4, 0.5) is 11.4 Å². The largest absolute Gasteiger partial charge is 0.494 e. The highest BCUT2D eigenvalue weighted by atomic mass is 16.3. The van der Waals surface area contributed by atoms with Crippen molar-refractivity contribution in [1.82, 2.24) is 4.98 Å². The predicted octanol–water partition coefficient (Wildman–Crippen LogP) is 1.25. The standard InChI is InChI=1S/C21H17N5O3/c1-12(27)23-14-9-7-13(8-10-14)11-16-18-17(21(29)24-20(16)28)19(22)26(25-18)15-5-3-2-4-6-15/h2-11,22,29H,1H3,(H,23,27)(H,24,28)/b16-11+,22-19?. The third-order valence-electron chi connectivity index (χ3n) is 4.40. The highest BCUT2D eigenvalue weighted by molar-refractivity contribution is 6.10. The van der Waals surface area contributed by atoms with Gasteiger partial charge in [-0.15, -0.1) is 0 Å². The number of rotatable bonds is 3. The second kappa shape index (κ2) is 7.08. The molecule has 1 aromatic heterocycles. The molecule has 4 N–H and O–H groups in total. The van der Waals surface area contributed by atoms with Crippen molar-refractivity contribution >= 4 is 29.2 Å². The molecule has 1 amide bonds. The Hall–Kier alpha value is -4.20. The summed E-state index contributed by atoms with van der Waals surface area (Å²) in [6, 6.07) is 16.0. The Balaban J connectivity index is 1.86. The SMILES string of the molecule is CC(=O)Nc1ccc(/C=c2/c(=O)[nH]c(O)c3c2=NN(c2ccccc2)C3=N)cc1. The topological polar surface area (TPSA) is 122 Å². The van der Waals surface area contributed by atoms with Crippen LogP contribution in [0.5, 0.6) is 5.88 Å². The zero-order valence-electron chi connectivity index (χ0n) is 15.4. The molecule has 0 saturated carbocycles. The third kappa shape index (κ3) is 3.39. The summed E-state index contributed by atoms with van der Waals surface area (Å²) in [6.07, 6.45) is 1.62. The smallest absolute Gasteiger partial charge is 0.260 e. The fourth-order valence-electron chi connectivity index (χ4n) is 3.10. The van der Waals surface area contributed by atoms with E-state index < -0.39 is 11.4 Å². The van der Waals surface area contributed by atoms with E-state index in [4.69, 9.17) is 5.41 Å². The second-order valence-corrected chi connectivity index (χ2v) is 6.48. The first-order valence-corrected chi connectivity index (χ1v) is 8.81. The number of pyridine rings is 1. The van der Waals surface area contributed by atoms with Crippen LogP contribution in [0.25, 0.3) is 6.08 Å². The van der Waals surface area contributed by atoms with E-state index in [1.165, 1.54) is 11.9 Å². The van der Waals surface area contributed by atoms with Crippen LogP contribution in [0.2, 0.25) is 0 Å². The number of aromatic nitrogens is 1. The Labute approximate surface area is 165 Å². The van der Waals surface area contributed by atoms with E-state index >= 15 is 0 Å². The van der Waals surface area contributed by atoms with Gasteiger partial charge in [0, 0.05) is 12.6 Å². The van der Waals surface area contributed by atoms with E-state index in [2.05, 4.69) is 15.4 Å². The number of H-pyrrole nitrogens is 1. The van der Waals surface area contributed by atoms with Gasteiger partial charge in [0.1, 0.15) is 10.9 Å².